The third-order valence-corrected chi connectivity index (χ3v) is 3.19. The van der Waals surface area contributed by atoms with Crippen LogP contribution >= 0.6 is 0 Å². The van der Waals surface area contributed by atoms with Crippen molar-refractivity contribution in [3.63, 3.8) is 0 Å². The highest BCUT2D eigenvalue weighted by Gasteiger charge is 2.27. The number of benzene rings is 1. The molecule has 0 saturated carbocycles. The summed E-state index contributed by atoms with van der Waals surface area (Å²) in [6.45, 7) is 7.98. The molecule has 0 aliphatic heterocycles. The van der Waals surface area contributed by atoms with E-state index in [4.69, 9.17) is 15.6 Å². The van der Waals surface area contributed by atoms with Gasteiger partial charge in [-0.05, 0) is 35.6 Å². The number of carboxylic acids is 1. The molecule has 0 aliphatic carbocycles. The molecule has 106 valence electrons. The maximum Gasteiger partial charge on any atom is 0.305 e. The van der Waals surface area contributed by atoms with Crippen molar-refractivity contribution >= 4 is 5.97 Å². The number of ether oxygens (including phenoxy) is 1. The molecule has 1 aromatic carbocycles. The lowest BCUT2D eigenvalue weighted by atomic mass is 9.81. The average Bonchev–Trinajstić information content (AvgIpc) is 2.25. The molecular weight excluding hydrogens is 242 g/mol. The van der Waals surface area contributed by atoms with Crippen molar-refractivity contribution in [2.45, 2.75) is 45.1 Å². The zero-order valence-electron chi connectivity index (χ0n) is 12.3. The van der Waals surface area contributed by atoms with Gasteiger partial charge < -0.3 is 15.6 Å². The largest absolute Gasteiger partial charge is 0.496 e. The van der Waals surface area contributed by atoms with Crippen molar-refractivity contribution in [2.24, 2.45) is 5.73 Å². The average molecular weight is 265 g/mol. The quantitative estimate of drug-likeness (QED) is 0.877. The summed E-state index contributed by atoms with van der Waals surface area (Å²) in [6.07, 6.45) is -0.108. The van der Waals surface area contributed by atoms with E-state index in [2.05, 4.69) is 20.8 Å². The SMILES string of the molecule is COc1ccc(C(C)(N)CC(=O)O)cc1C(C)(C)C. The van der Waals surface area contributed by atoms with E-state index in [0.717, 1.165) is 16.9 Å². The van der Waals surface area contributed by atoms with Crippen molar-refractivity contribution in [2.75, 3.05) is 7.11 Å². The molecule has 0 aliphatic rings. The number of nitrogens with two attached hydrogens (primary N) is 1. The van der Waals surface area contributed by atoms with Gasteiger partial charge in [-0.3, -0.25) is 4.79 Å². The maximum atomic E-state index is 10.9. The molecule has 1 aromatic rings. The van der Waals surface area contributed by atoms with Crippen LogP contribution in [0.3, 0.4) is 0 Å². The van der Waals surface area contributed by atoms with Crippen LogP contribution in [-0.2, 0) is 15.7 Å². The predicted molar refractivity (Wildman–Crippen MR) is 75.5 cm³/mol. The van der Waals surface area contributed by atoms with Crippen molar-refractivity contribution in [1.82, 2.24) is 0 Å². The third kappa shape index (κ3) is 3.70. The lowest BCUT2D eigenvalue weighted by Crippen LogP contribution is -2.36. The number of aliphatic carboxylic acids is 1. The van der Waals surface area contributed by atoms with E-state index >= 15 is 0 Å². The van der Waals surface area contributed by atoms with Crippen molar-refractivity contribution < 1.29 is 14.6 Å². The molecule has 1 rings (SSSR count). The second-order valence-corrected chi connectivity index (χ2v) is 6.15. The van der Waals surface area contributed by atoms with Gasteiger partial charge in [0.25, 0.3) is 0 Å². The Morgan fingerprint density at radius 1 is 1.32 bits per heavy atom. The smallest absolute Gasteiger partial charge is 0.305 e. The van der Waals surface area contributed by atoms with Gasteiger partial charge in [0.1, 0.15) is 5.75 Å². The summed E-state index contributed by atoms with van der Waals surface area (Å²) in [5.74, 6) is -0.111. The Labute approximate surface area is 114 Å². The first-order valence-corrected chi connectivity index (χ1v) is 6.27. The molecule has 0 saturated heterocycles. The minimum absolute atomic E-state index is 0.0966. The molecule has 1 unspecified atom stereocenters. The normalized spacial score (nSPS) is 14.8. The highest BCUT2D eigenvalue weighted by Crippen LogP contribution is 2.34. The molecule has 0 aromatic heterocycles. The van der Waals surface area contributed by atoms with Crippen LogP contribution in [0.2, 0.25) is 0 Å². The molecule has 19 heavy (non-hydrogen) atoms. The molecule has 0 amide bonds. The lowest BCUT2D eigenvalue weighted by molar-refractivity contribution is -0.138. The van der Waals surface area contributed by atoms with Crippen LogP contribution in [-0.4, -0.2) is 18.2 Å². The Bertz CT molecular complexity index is 473. The summed E-state index contributed by atoms with van der Waals surface area (Å²) in [6, 6.07) is 5.63. The topological polar surface area (TPSA) is 72.5 Å². The molecule has 0 spiro atoms. The van der Waals surface area contributed by atoms with Crippen molar-refractivity contribution in [3.05, 3.63) is 29.3 Å². The molecule has 0 radical (unpaired) electrons. The van der Waals surface area contributed by atoms with Crippen LogP contribution < -0.4 is 10.5 Å². The Morgan fingerprint density at radius 3 is 2.32 bits per heavy atom. The number of methoxy groups -OCH3 is 1. The van der Waals surface area contributed by atoms with Crippen LogP contribution in [0.4, 0.5) is 0 Å². The van der Waals surface area contributed by atoms with Gasteiger partial charge in [0.05, 0.1) is 13.5 Å². The van der Waals surface area contributed by atoms with Gasteiger partial charge in [-0.15, -0.1) is 0 Å². The molecule has 4 nitrogen and oxygen atoms in total. The Morgan fingerprint density at radius 2 is 1.89 bits per heavy atom. The summed E-state index contributed by atoms with van der Waals surface area (Å²) < 4.78 is 5.36. The van der Waals surface area contributed by atoms with E-state index < -0.39 is 11.5 Å². The van der Waals surface area contributed by atoms with Gasteiger partial charge in [-0.2, -0.15) is 0 Å². The van der Waals surface area contributed by atoms with Gasteiger partial charge in [0.2, 0.25) is 0 Å². The molecule has 1 atom stereocenters. The first kappa shape index (κ1) is 15.5. The first-order chi connectivity index (χ1) is 8.58. The monoisotopic (exact) mass is 265 g/mol. The van der Waals surface area contributed by atoms with E-state index in [1.54, 1.807) is 14.0 Å². The fourth-order valence-corrected chi connectivity index (χ4v) is 2.07. The fourth-order valence-electron chi connectivity index (χ4n) is 2.07. The van der Waals surface area contributed by atoms with E-state index in [0.29, 0.717) is 0 Å². The summed E-state index contributed by atoms with van der Waals surface area (Å²) in [5.41, 5.74) is 6.96. The Hall–Kier alpha value is -1.55. The first-order valence-electron chi connectivity index (χ1n) is 6.27. The molecule has 3 N–H and O–H groups in total. The minimum Gasteiger partial charge on any atom is -0.496 e. The summed E-state index contributed by atoms with van der Waals surface area (Å²) in [4.78, 5) is 10.9. The van der Waals surface area contributed by atoms with E-state index in [1.165, 1.54) is 0 Å². The highest BCUT2D eigenvalue weighted by molar-refractivity contribution is 5.69. The Kier molecular flexibility index (Phi) is 4.25. The second kappa shape index (κ2) is 5.21. The van der Waals surface area contributed by atoms with Gasteiger partial charge in [0, 0.05) is 5.54 Å². The molecule has 0 heterocycles. The molecule has 0 fully saturated rings. The van der Waals surface area contributed by atoms with Crippen molar-refractivity contribution in [1.29, 1.82) is 0 Å². The fraction of sp³-hybridized carbons (Fsp3) is 0.533. The zero-order valence-corrected chi connectivity index (χ0v) is 12.3. The molecular formula is C15H23NO3. The van der Waals surface area contributed by atoms with E-state index in [1.807, 2.05) is 18.2 Å². The van der Waals surface area contributed by atoms with Crippen LogP contribution in [0.5, 0.6) is 5.75 Å². The molecule has 4 heteroatoms. The molecule has 0 bridgehead atoms. The van der Waals surface area contributed by atoms with Crippen LogP contribution in [0.15, 0.2) is 18.2 Å². The number of hydrogen-bond acceptors (Lipinski definition) is 3. The second-order valence-electron chi connectivity index (χ2n) is 6.15. The van der Waals surface area contributed by atoms with Crippen LogP contribution in [0.25, 0.3) is 0 Å². The number of rotatable bonds is 4. The van der Waals surface area contributed by atoms with Gasteiger partial charge in [-0.25, -0.2) is 0 Å². The highest BCUT2D eigenvalue weighted by atomic mass is 16.5. The summed E-state index contributed by atoms with van der Waals surface area (Å²) in [7, 11) is 1.63. The number of carbonyl (C=O) groups is 1. The van der Waals surface area contributed by atoms with E-state index in [-0.39, 0.29) is 11.8 Å². The number of hydrogen-bond donors (Lipinski definition) is 2. The third-order valence-electron chi connectivity index (χ3n) is 3.19. The maximum absolute atomic E-state index is 10.9. The summed E-state index contributed by atoms with van der Waals surface area (Å²) >= 11 is 0. The minimum atomic E-state index is -0.905. The van der Waals surface area contributed by atoms with Gasteiger partial charge >= 0.3 is 5.97 Å². The Balaban J connectivity index is 3.29. The van der Waals surface area contributed by atoms with E-state index in [9.17, 15) is 4.79 Å². The predicted octanol–water partition coefficient (Wildman–Crippen LogP) is 2.64. The standard InChI is InChI=1S/C15H23NO3/c1-14(2,3)11-8-10(6-7-12(11)19-5)15(4,16)9-13(17)18/h6-8H,9,16H2,1-5H3,(H,17,18). The van der Waals surface area contributed by atoms with Crippen LogP contribution in [0.1, 0.15) is 45.2 Å². The number of carboxylic acid groups (broad SMARTS) is 1. The van der Waals surface area contributed by atoms with Crippen molar-refractivity contribution in [3.8, 4) is 5.75 Å². The lowest BCUT2D eigenvalue weighted by Gasteiger charge is -2.28. The van der Waals surface area contributed by atoms with Crippen LogP contribution in [0, 0.1) is 0 Å². The zero-order chi connectivity index (χ0) is 14.8. The van der Waals surface area contributed by atoms with Gasteiger partial charge in [-0.1, -0.05) is 26.8 Å². The van der Waals surface area contributed by atoms with Gasteiger partial charge in [0.15, 0.2) is 0 Å². The summed E-state index contributed by atoms with van der Waals surface area (Å²) in [5, 5.41) is 8.94.